The highest BCUT2D eigenvalue weighted by atomic mass is 79.9. The van der Waals surface area contributed by atoms with Gasteiger partial charge in [0.2, 0.25) is 0 Å². The largest absolute Gasteiger partial charge is 0.492 e. The third kappa shape index (κ3) is 3.63. The van der Waals surface area contributed by atoms with Crippen molar-refractivity contribution in [3.8, 4) is 11.5 Å². The maximum atomic E-state index is 13.1. The van der Waals surface area contributed by atoms with Crippen LogP contribution >= 0.6 is 15.9 Å². The van der Waals surface area contributed by atoms with Crippen molar-refractivity contribution in [3.05, 3.63) is 52.3 Å². The Bertz CT molecular complexity index is 752. The van der Waals surface area contributed by atoms with Crippen LogP contribution in [0, 0.1) is 0 Å². The van der Waals surface area contributed by atoms with Crippen molar-refractivity contribution in [3.63, 3.8) is 0 Å². The molecular weight excluding hydrogens is 384 g/mol. The predicted octanol–water partition coefficient (Wildman–Crippen LogP) is 4.23. The normalized spacial score (nSPS) is 16.8. The molecule has 5 nitrogen and oxygen atoms in total. The minimum Gasteiger partial charge on any atom is -0.492 e. The quantitative estimate of drug-likeness (QED) is 0.747. The smallest absolute Gasteiger partial charge is 0.254 e. The maximum absolute atomic E-state index is 13.1. The fraction of sp³-hybridized carbons (Fsp3) is 0.368. The highest BCUT2D eigenvalue weighted by Gasteiger charge is 2.31. The van der Waals surface area contributed by atoms with Crippen LogP contribution in [0.5, 0.6) is 11.5 Å². The number of nitrogens with zero attached hydrogens (tertiary/aromatic N) is 2. The third-order valence-corrected chi connectivity index (χ3v) is 4.95. The Morgan fingerprint density at radius 3 is 2.80 bits per heavy atom. The Labute approximate surface area is 156 Å². The van der Waals surface area contributed by atoms with Crippen molar-refractivity contribution in [2.24, 2.45) is 0 Å². The molecule has 0 bridgehead atoms. The lowest BCUT2D eigenvalue weighted by Gasteiger charge is -2.25. The summed E-state index contributed by atoms with van der Waals surface area (Å²) in [6, 6.07) is 7.60. The molecule has 2 heterocycles. The van der Waals surface area contributed by atoms with Gasteiger partial charge in [0, 0.05) is 24.5 Å². The number of rotatable bonds is 5. The number of ether oxygens (including phenoxy) is 2. The second kappa shape index (κ2) is 7.87. The highest BCUT2D eigenvalue weighted by Crippen LogP contribution is 2.38. The molecule has 1 fully saturated rings. The highest BCUT2D eigenvalue weighted by molar-refractivity contribution is 9.10. The second-order valence-electron chi connectivity index (χ2n) is 5.86. The van der Waals surface area contributed by atoms with Gasteiger partial charge in [-0.1, -0.05) is 0 Å². The van der Waals surface area contributed by atoms with Gasteiger partial charge in [-0.3, -0.25) is 9.78 Å². The summed E-state index contributed by atoms with van der Waals surface area (Å²) in [5.41, 5.74) is 1.72. The zero-order chi connectivity index (χ0) is 17.8. The number of pyridine rings is 1. The molecule has 132 valence electrons. The molecule has 0 saturated carbocycles. The van der Waals surface area contributed by atoms with Crippen LogP contribution in [0.15, 0.2) is 41.1 Å². The van der Waals surface area contributed by atoms with E-state index in [0.717, 1.165) is 24.9 Å². The molecular formula is C19H21BrN2O3. The van der Waals surface area contributed by atoms with Crippen LogP contribution in [0.1, 0.15) is 41.7 Å². The van der Waals surface area contributed by atoms with E-state index in [-0.39, 0.29) is 11.9 Å². The van der Waals surface area contributed by atoms with Crippen molar-refractivity contribution in [1.82, 2.24) is 9.88 Å². The lowest BCUT2D eigenvalue weighted by atomic mass is 10.1. The Kier molecular flexibility index (Phi) is 5.58. The van der Waals surface area contributed by atoms with Gasteiger partial charge in [-0.05, 0) is 65.5 Å². The average molecular weight is 405 g/mol. The van der Waals surface area contributed by atoms with Crippen LogP contribution in [0.2, 0.25) is 0 Å². The number of carbonyl (C=O) groups is 1. The van der Waals surface area contributed by atoms with E-state index in [4.69, 9.17) is 9.47 Å². The molecule has 25 heavy (non-hydrogen) atoms. The van der Waals surface area contributed by atoms with Crippen LogP contribution in [0.25, 0.3) is 0 Å². The van der Waals surface area contributed by atoms with Gasteiger partial charge >= 0.3 is 0 Å². The van der Waals surface area contributed by atoms with Gasteiger partial charge in [-0.2, -0.15) is 0 Å². The molecule has 1 unspecified atom stereocenters. The summed E-state index contributed by atoms with van der Waals surface area (Å²) >= 11 is 3.48. The molecule has 1 aromatic carbocycles. The lowest BCUT2D eigenvalue weighted by Crippen LogP contribution is -2.30. The first-order valence-electron chi connectivity index (χ1n) is 8.37. The van der Waals surface area contributed by atoms with Gasteiger partial charge in [0.1, 0.15) is 0 Å². The summed E-state index contributed by atoms with van der Waals surface area (Å²) in [6.45, 7) is 3.16. The SMILES string of the molecule is CCOc1cc(C(=O)N2CCCC2c2ccncc2)cc(Br)c1OC. The summed E-state index contributed by atoms with van der Waals surface area (Å²) in [5.74, 6) is 1.18. The van der Waals surface area contributed by atoms with E-state index in [1.807, 2.05) is 24.0 Å². The minimum atomic E-state index is 0.00335. The van der Waals surface area contributed by atoms with Crippen LogP contribution in [-0.4, -0.2) is 36.1 Å². The monoisotopic (exact) mass is 404 g/mol. The molecule has 0 aliphatic carbocycles. The molecule has 1 aliphatic heterocycles. The molecule has 1 atom stereocenters. The molecule has 0 spiro atoms. The van der Waals surface area contributed by atoms with E-state index < -0.39 is 0 Å². The average Bonchev–Trinajstić information content (AvgIpc) is 3.11. The van der Waals surface area contributed by atoms with Gasteiger partial charge in [0.15, 0.2) is 11.5 Å². The number of benzene rings is 1. The predicted molar refractivity (Wildman–Crippen MR) is 99.1 cm³/mol. The fourth-order valence-electron chi connectivity index (χ4n) is 3.26. The van der Waals surface area contributed by atoms with E-state index in [9.17, 15) is 4.79 Å². The van der Waals surface area contributed by atoms with Crippen LogP contribution in [-0.2, 0) is 0 Å². The van der Waals surface area contributed by atoms with Gasteiger partial charge < -0.3 is 14.4 Å². The molecule has 1 amide bonds. The Hall–Kier alpha value is -2.08. The molecule has 2 aromatic rings. The number of carbonyl (C=O) groups excluding carboxylic acids is 1. The first-order chi connectivity index (χ1) is 12.2. The number of amides is 1. The Balaban J connectivity index is 1.92. The summed E-state index contributed by atoms with van der Waals surface area (Å²) in [7, 11) is 1.59. The number of hydrogen-bond acceptors (Lipinski definition) is 4. The number of likely N-dealkylation sites (tertiary alicyclic amines) is 1. The van der Waals surface area contributed by atoms with Crippen molar-refractivity contribution in [1.29, 1.82) is 0 Å². The number of hydrogen-bond donors (Lipinski definition) is 0. The molecule has 1 aliphatic rings. The zero-order valence-corrected chi connectivity index (χ0v) is 16.0. The standard InChI is InChI=1S/C19H21BrN2O3/c1-3-25-17-12-14(11-15(20)18(17)24-2)19(23)22-10-4-5-16(22)13-6-8-21-9-7-13/h6-9,11-12,16H,3-5,10H2,1-2H3. The van der Waals surface area contributed by atoms with Crippen LogP contribution in [0.4, 0.5) is 0 Å². The molecule has 3 rings (SSSR count). The molecule has 1 aromatic heterocycles. The van der Waals surface area contributed by atoms with Gasteiger partial charge in [0.05, 0.1) is 24.2 Å². The van der Waals surface area contributed by atoms with E-state index >= 15 is 0 Å². The lowest BCUT2D eigenvalue weighted by molar-refractivity contribution is 0.0735. The van der Waals surface area contributed by atoms with Crippen LogP contribution < -0.4 is 9.47 Å². The van der Waals surface area contributed by atoms with E-state index in [0.29, 0.717) is 28.1 Å². The van der Waals surface area contributed by atoms with E-state index in [1.54, 1.807) is 31.6 Å². The topological polar surface area (TPSA) is 51.7 Å². The first-order valence-corrected chi connectivity index (χ1v) is 9.16. The van der Waals surface area contributed by atoms with Crippen LogP contribution in [0.3, 0.4) is 0 Å². The van der Waals surface area contributed by atoms with Crippen molar-refractivity contribution < 1.29 is 14.3 Å². The molecule has 0 N–H and O–H groups in total. The number of halogens is 1. The van der Waals surface area contributed by atoms with E-state index in [2.05, 4.69) is 20.9 Å². The third-order valence-electron chi connectivity index (χ3n) is 4.36. The van der Waals surface area contributed by atoms with Gasteiger partial charge in [0.25, 0.3) is 5.91 Å². The Morgan fingerprint density at radius 1 is 1.36 bits per heavy atom. The summed E-state index contributed by atoms with van der Waals surface area (Å²) in [6.07, 6.45) is 5.50. The molecule has 6 heteroatoms. The minimum absolute atomic E-state index is 0.00335. The summed E-state index contributed by atoms with van der Waals surface area (Å²) in [4.78, 5) is 19.1. The van der Waals surface area contributed by atoms with Gasteiger partial charge in [-0.25, -0.2) is 0 Å². The maximum Gasteiger partial charge on any atom is 0.254 e. The van der Waals surface area contributed by atoms with E-state index in [1.165, 1.54) is 0 Å². The Morgan fingerprint density at radius 2 is 2.12 bits per heavy atom. The van der Waals surface area contributed by atoms with Crippen molar-refractivity contribution in [2.45, 2.75) is 25.8 Å². The molecule has 0 radical (unpaired) electrons. The molecule has 1 saturated heterocycles. The van der Waals surface area contributed by atoms with Crippen molar-refractivity contribution in [2.75, 3.05) is 20.3 Å². The zero-order valence-electron chi connectivity index (χ0n) is 14.4. The fourth-order valence-corrected chi connectivity index (χ4v) is 3.86. The van der Waals surface area contributed by atoms with Gasteiger partial charge in [-0.15, -0.1) is 0 Å². The van der Waals surface area contributed by atoms with Crippen molar-refractivity contribution >= 4 is 21.8 Å². The number of methoxy groups -OCH3 is 1. The summed E-state index contributed by atoms with van der Waals surface area (Å²) < 4.78 is 11.7. The number of aromatic nitrogens is 1. The second-order valence-corrected chi connectivity index (χ2v) is 6.71. The first kappa shape index (κ1) is 17.7. The summed E-state index contributed by atoms with van der Waals surface area (Å²) in [5, 5.41) is 0.